The van der Waals surface area contributed by atoms with Gasteiger partial charge >= 0.3 is 0 Å². The summed E-state index contributed by atoms with van der Waals surface area (Å²) in [6.07, 6.45) is 4.61. The average molecular weight is 410 g/mol. The van der Waals surface area contributed by atoms with E-state index in [1.165, 1.54) is 17.7 Å². The molecule has 1 fully saturated rings. The number of halogens is 1. The summed E-state index contributed by atoms with van der Waals surface area (Å²) in [5.41, 5.74) is 5.44. The average Bonchev–Trinajstić information content (AvgIpc) is 3.06. The van der Waals surface area contributed by atoms with Crippen LogP contribution in [0.1, 0.15) is 31.0 Å². The minimum Gasteiger partial charge on any atom is -0.302 e. The van der Waals surface area contributed by atoms with Crippen LogP contribution in [0.25, 0.3) is 27.1 Å². The first-order chi connectivity index (χ1) is 14.0. The fraction of sp³-hybridized carbons (Fsp3) is 0.350. The molecule has 1 amide bonds. The number of alkyl halides is 1. The quantitative estimate of drug-likeness (QED) is 0.538. The standard InChI is InChI=1S/C20H19FN6OS/c1-3-4-11-5-10(2)14(8-22-11)12-7-16-19(27-17(12)23-9-24-27)29-20(25-16)26-18(28)13-6-15(13)21/h5,7-9,13,15H,3-4,6H2,1-2H3,(H,25,26,28). The molecule has 7 nitrogen and oxygen atoms in total. The van der Waals surface area contributed by atoms with Crippen LogP contribution in [0.4, 0.5) is 9.52 Å². The van der Waals surface area contributed by atoms with Crippen molar-refractivity contribution in [1.82, 2.24) is 24.6 Å². The number of carbonyl (C=O) groups is 1. The Morgan fingerprint density at radius 1 is 1.34 bits per heavy atom. The Balaban J connectivity index is 1.59. The maximum atomic E-state index is 13.1. The summed E-state index contributed by atoms with van der Waals surface area (Å²) in [7, 11) is 0. The number of rotatable bonds is 5. The number of aryl methyl sites for hydroxylation is 2. The Labute approximate surface area is 170 Å². The smallest absolute Gasteiger partial charge is 0.232 e. The fourth-order valence-electron chi connectivity index (χ4n) is 3.52. The van der Waals surface area contributed by atoms with Crippen LogP contribution >= 0.6 is 11.3 Å². The molecule has 0 saturated heterocycles. The van der Waals surface area contributed by atoms with E-state index in [1.807, 2.05) is 12.3 Å². The number of hydrogen-bond donors (Lipinski definition) is 1. The molecule has 4 heterocycles. The first-order valence-electron chi connectivity index (χ1n) is 9.59. The molecule has 2 atom stereocenters. The second-order valence-electron chi connectivity index (χ2n) is 7.35. The van der Waals surface area contributed by atoms with Crippen LogP contribution in [0.2, 0.25) is 0 Å². The Hall–Kier alpha value is -2.94. The van der Waals surface area contributed by atoms with E-state index in [0.717, 1.165) is 40.1 Å². The number of aromatic nitrogens is 5. The zero-order chi connectivity index (χ0) is 20.1. The minimum atomic E-state index is -1.04. The summed E-state index contributed by atoms with van der Waals surface area (Å²) in [5.74, 6) is -0.877. The van der Waals surface area contributed by atoms with Gasteiger partial charge in [-0.1, -0.05) is 24.7 Å². The second kappa shape index (κ2) is 6.84. The number of hydrogen-bond acceptors (Lipinski definition) is 6. The number of amides is 1. The van der Waals surface area contributed by atoms with E-state index in [2.05, 4.69) is 45.3 Å². The maximum absolute atomic E-state index is 13.1. The summed E-state index contributed by atoms with van der Waals surface area (Å²) in [6.45, 7) is 4.19. The van der Waals surface area contributed by atoms with Crippen molar-refractivity contribution in [3.8, 4) is 11.1 Å². The van der Waals surface area contributed by atoms with Gasteiger partial charge in [-0.05, 0) is 37.5 Å². The number of fused-ring (bicyclic) bond motifs is 3. The lowest BCUT2D eigenvalue weighted by atomic mass is 10.0. The van der Waals surface area contributed by atoms with Gasteiger partial charge in [-0.3, -0.25) is 9.78 Å². The number of thiazole rings is 1. The first kappa shape index (κ1) is 18.1. The van der Waals surface area contributed by atoms with Crippen LogP contribution in [-0.4, -0.2) is 36.6 Å². The van der Waals surface area contributed by atoms with Gasteiger partial charge in [0.25, 0.3) is 0 Å². The van der Waals surface area contributed by atoms with Crippen LogP contribution in [0.15, 0.2) is 24.7 Å². The van der Waals surface area contributed by atoms with Crippen molar-refractivity contribution in [3.63, 3.8) is 0 Å². The van der Waals surface area contributed by atoms with Gasteiger partial charge in [0.05, 0.1) is 5.92 Å². The number of nitrogens with one attached hydrogen (secondary N) is 1. The molecular formula is C20H19FN6OS. The van der Waals surface area contributed by atoms with Crippen LogP contribution in [0, 0.1) is 12.8 Å². The van der Waals surface area contributed by atoms with Crippen molar-refractivity contribution >= 4 is 38.4 Å². The summed E-state index contributed by atoms with van der Waals surface area (Å²) in [5, 5.41) is 7.51. The topological polar surface area (TPSA) is 85.1 Å². The van der Waals surface area contributed by atoms with Gasteiger partial charge in [0.1, 0.15) is 22.8 Å². The molecule has 4 aromatic rings. The summed E-state index contributed by atoms with van der Waals surface area (Å²) in [6, 6.07) is 4.05. The Bertz CT molecular complexity index is 1250. The number of nitrogens with zero attached hydrogens (tertiary/aromatic N) is 5. The molecule has 4 aromatic heterocycles. The van der Waals surface area contributed by atoms with E-state index in [1.54, 1.807) is 4.52 Å². The predicted octanol–water partition coefficient (Wildman–Crippen LogP) is 3.96. The lowest BCUT2D eigenvalue weighted by Gasteiger charge is -2.09. The van der Waals surface area contributed by atoms with E-state index in [4.69, 9.17) is 0 Å². The molecule has 0 bridgehead atoms. The van der Waals surface area contributed by atoms with Crippen molar-refractivity contribution in [2.75, 3.05) is 5.32 Å². The number of anilines is 1. The normalized spacial score (nSPS) is 18.4. The minimum absolute atomic E-state index is 0.286. The van der Waals surface area contributed by atoms with Crippen LogP contribution < -0.4 is 5.32 Å². The zero-order valence-electron chi connectivity index (χ0n) is 16.0. The highest BCUT2D eigenvalue weighted by molar-refractivity contribution is 7.22. The molecule has 5 rings (SSSR count). The summed E-state index contributed by atoms with van der Waals surface area (Å²) >= 11 is 1.30. The highest BCUT2D eigenvalue weighted by atomic mass is 32.1. The third-order valence-electron chi connectivity index (χ3n) is 5.14. The van der Waals surface area contributed by atoms with Crippen LogP contribution in [0.3, 0.4) is 0 Å². The first-order valence-corrected chi connectivity index (χ1v) is 10.4. The molecular weight excluding hydrogens is 391 g/mol. The number of pyridine rings is 2. The van der Waals surface area contributed by atoms with Gasteiger partial charge in [-0.25, -0.2) is 18.9 Å². The molecule has 1 saturated carbocycles. The van der Waals surface area contributed by atoms with E-state index in [-0.39, 0.29) is 12.3 Å². The molecule has 0 spiro atoms. The third-order valence-corrected chi connectivity index (χ3v) is 6.10. The molecule has 1 N–H and O–H groups in total. The van der Waals surface area contributed by atoms with Crippen molar-refractivity contribution in [3.05, 3.63) is 35.9 Å². The largest absolute Gasteiger partial charge is 0.302 e. The van der Waals surface area contributed by atoms with Gasteiger partial charge in [-0.2, -0.15) is 5.10 Å². The van der Waals surface area contributed by atoms with Crippen molar-refractivity contribution in [2.45, 2.75) is 39.3 Å². The van der Waals surface area contributed by atoms with E-state index >= 15 is 0 Å². The lowest BCUT2D eigenvalue weighted by Crippen LogP contribution is -2.14. The summed E-state index contributed by atoms with van der Waals surface area (Å²) in [4.78, 5) is 26.4. The SMILES string of the molecule is CCCc1cc(C)c(-c2cc3nc(NC(=O)C4CC4F)sc3n3ncnc23)cn1. The molecule has 148 valence electrons. The molecule has 9 heteroatoms. The number of carbonyl (C=O) groups excluding carboxylic acids is 1. The lowest BCUT2D eigenvalue weighted by molar-refractivity contribution is -0.117. The highest BCUT2D eigenvalue weighted by Crippen LogP contribution is 2.37. The molecule has 0 radical (unpaired) electrons. The van der Waals surface area contributed by atoms with E-state index in [9.17, 15) is 9.18 Å². The van der Waals surface area contributed by atoms with Crippen molar-refractivity contribution < 1.29 is 9.18 Å². The molecule has 0 aliphatic heterocycles. The van der Waals surface area contributed by atoms with Gasteiger partial charge in [0.15, 0.2) is 10.8 Å². The monoisotopic (exact) mass is 410 g/mol. The fourth-order valence-corrected chi connectivity index (χ4v) is 4.43. The predicted molar refractivity (Wildman–Crippen MR) is 110 cm³/mol. The van der Waals surface area contributed by atoms with E-state index in [0.29, 0.717) is 16.3 Å². The van der Waals surface area contributed by atoms with Gasteiger partial charge in [0, 0.05) is 23.0 Å². The van der Waals surface area contributed by atoms with Gasteiger partial charge < -0.3 is 5.32 Å². The Morgan fingerprint density at radius 3 is 2.90 bits per heavy atom. The second-order valence-corrected chi connectivity index (χ2v) is 8.33. The molecule has 2 unspecified atom stereocenters. The zero-order valence-corrected chi connectivity index (χ0v) is 16.8. The Morgan fingerprint density at radius 2 is 2.17 bits per heavy atom. The van der Waals surface area contributed by atoms with Crippen LogP contribution in [0.5, 0.6) is 0 Å². The molecule has 0 aromatic carbocycles. The van der Waals surface area contributed by atoms with E-state index < -0.39 is 12.1 Å². The van der Waals surface area contributed by atoms with Crippen LogP contribution in [-0.2, 0) is 11.2 Å². The van der Waals surface area contributed by atoms with Crippen molar-refractivity contribution in [1.29, 1.82) is 0 Å². The maximum Gasteiger partial charge on any atom is 0.232 e. The summed E-state index contributed by atoms with van der Waals surface area (Å²) < 4.78 is 14.9. The Kier molecular flexibility index (Phi) is 4.27. The van der Waals surface area contributed by atoms with Crippen molar-refractivity contribution in [2.24, 2.45) is 5.92 Å². The molecule has 1 aliphatic carbocycles. The van der Waals surface area contributed by atoms with Gasteiger partial charge in [0.2, 0.25) is 5.91 Å². The highest BCUT2D eigenvalue weighted by Gasteiger charge is 2.43. The molecule has 29 heavy (non-hydrogen) atoms. The van der Waals surface area contributed by atoms with Gasteiger partial charge in [-0.15, -0.1) is 0 Å². The molecule has 1 aliphatic rings. The third kappa shape index (κ3) is 3.15.